The van der Waals surface area contributed by atoms with Crippen LogP contribution in [0.2, 0.25) is 0 Å². The zero-order chi connectivity index (χ0) is 26.0. The maximum absolute atomic E-state index is 13.5. The molecule has 6 nitrogen and oxygen atoms in total. The largest absolute Gasteiger partial charge is 0.416 e. The fourth-order valence-corrected chi connectivity index (χ4v) is 5.33. The predicted octanol–water partition coefficient (Wildman–Crippen LogP) is 4.84. The van der Waals surface area contributed by atoms with E-state index in [1.54, 1.807) is 18.2 Å². The molecule has 5 rings (SSSR count). The molecule has 0 radical (unpaired) electrons. The van der Waals surface area contributed by atoms with Crippen LogP contribution in [0.1, 0.15) is 30.0 Å². The van der Waals surface area contributed by atoms with E-state index in [2.05, 4.69) is 24.7 Å². The highest BCUT2D eigenvalue weighted by Gasteiger charge is 2.33. The number of piperazine rings is 1. The Kier molecular flexibility index (Phi) is 7.30. The first-order chi connectivity index (χ1) is 17.8. The Balaban J connectivity index is 1.38. The van der Waals surface area contributed by atoms with E-state index in [1.807, 2.05) is 0 Å². The molecule has 2 saturated heterocycles. The Morgan fingerprint density at radius 2 is 1.59 bits per heavy atom. The number of nitrogens with two attached hydrogens (primary N) is 1. The van der Waals surface area contributed by atoms with Crippen molar-refractivity contribution in [3.63, 3.8) is 0 Å². The molecule has 10 heteroatoms. The molecular formula is C27H30F4N6. The van der Waals surface area contributed by atoms with Gasteiger partial charge in [0.2, 0.25) is 0 Å². The van der Waals surface area contributed by atoms with Gasteiger partial charge in [0.15, 0.2) is 0 Å². The number of halogens is 4. The monoisotopic (exact) mass is 514 g/mol. The van der Waals surface area contributed by atoms with E-state index in [9.17, 15) is 17.6 Å². The molecule has 2 fully saturated rings. The minimum Gasteiger partial charge on any atom is -0.383 e. The zero-order valence-electron chi connectivity index (χ0n) is 20.5. The number of alkyl halides is 3. The summed E-state index contributed by atoms with van der Waals surface area (Å²) in [5.74, 6) is 0.650. The number of rotatable bonds is 6. The van der Waals surface area contributed by atoms with Crippen LogP contribution in [0, 0.1) is 5.82 Å². The van der Waals surface area contributed by atoms with E-state index in [0.29, 0.717) is 55.5 Å². The summed E-state index contributed by atoms with van der Waals surface area (Å²) in [7, 11) is 0. The average Bonchev–Trinajstić information content (AvgIpc) is 3.41. The van der Waals surface area contributed by atoms with Crippen LogP contribution < -0.4 is 10.6 Å². The van der Waals surface area contributed by atoms with Crippen LogP contribution in [-0.4, -0.2) is 65.6 Å². The lowest BCUT2D eigenvalue weighted by Gasteiger charge is -2.41. The molecule has 2 aromatic carbocycles. The first kappa shape index (κ1) is 25.4. The first-order valence-corrected chi connectivity index (χ1v) is 12.5. The van der Waals surface area contributed by atoms with Crippen LogP contribution in [0.15, 0.2) is 54.9 Å². The van der Waals surface area contributed by atoms with Crippen molar-refractivity contribution in [3.05, 3.63) is 71.8 Å². The Labute approximate surface area is 213 Å². The summed E-state index contributed by atoms with van der Waals surface area (Å²) in [6.07, 6.45) is -0.728. The number of hydrogen-bond acceptors (Lipinski definition) is 6. The van der Waals surface area contributed by atoms with Crippen molar-refractivity contribution in [2.75, 3.05) is 56.4 Å². The van der Waals surface area contributed by atoms with Gasteiger partial charge in [0.1, 0.15) is 23.8 Å². The van der Waals surface area contributed by atoms with Crippen LogP contribution in [0.3, 0.4) is 0 Å². The van der Waals surface area contributed by atoms with Gasteiger partial charge < -0.3 is 15.5 Å². The van der Waals surface area contributed by atoms with Crippen molar-refractivity contribution >= 4 is 11.6 Å². The summed E-state index contributed by atoms with van der Waals surface area (Å²) in [5.41, 5.74) is 7.67. The van der Waals surface area contributed by atoms with Crippen molar-refractivity contribution in [3.8, 4) is 11.1 Å². The van der Waals surface area contributed by atoms with Crippen LogP contribution in [-0.2, 0) is 6.18 Å². The molecule has 0 spiro atoms. The fraction of sp³-hybridized carbons (Fsp3) is 0.407. The minimum atomic E-state index is -4.38. The number of hydrogen-bond donors (Lipinski definition) is 1. The van der Waals surface area contributed by atoms with Gasteiger partial charge in [0.25, 0.3) is 0 Å². The topological polar surface area (TPSA) is 61.5 Å². The molecule has 1 aromatic heterocycles. The number of benzene rings is 2. The first-order valence-electron chi connectivity index (χ1n) is 12.5. The average molecular weight is 515 g/mol. The maximum Gasteiger partial charge on any atom is 0.416 e. The Morgan fingerprint density at radius 3 is 2.27 bits per heavy atom. The molecule has 0 saturated carbocycles. The standard InChI is InChI=1S/C27H30F4N6/c28-22-8-6-19(7-9-22)24-25(32)33-18-34-26(24)37-14-12-36(13-15-37)23(17-35-10-1-2-11-35)20-4-3-5-21(16-20)27(29,30)31/h3-9,16,18,23H,1-2,10-15,17H2,(H2,32,33,34). The minimum absolute atomic E-state index is 0.144. The molecule has 0 aliphatic carbocycles. The van der Waals surface area contributed by atoms with Gasteiger partial charge in [0, 0.05) is 38.8 Å². The molecule has 3 heterocycles. The second-order valence-corrected chi connectivity index (χ2v) is 9.63. The fourth-order valence-electron chi connectivity index (χ4n) is 5.33. The highest BCUT2D eigenvalue weighted by atomic mass is 19.4. The Bertz CT molecular complexity index is 1200. The van der Waals surface area contributed by atoms with Gasteiger partial charge in [-0.25, -0.2) is 14.4 Å². The SMILES string of the molecule is Nc1ncnc(N2CCN(C(CN3CCCC3)c3cccc(C(F)(F)F)c3)CC2)c1-c1ccc(F)cc1. The molecule has 1 atom stereocenters. The van der Waals surface area contributed by atoms with Crippen molar-refractivity contribution < 1.29 is 17.6 Å². The number of anilines is 2. The van der Waals surface area contributed by atoms with Crippen LogP contribution in [0.4, 0.5) is 29.2 Å². The molecule has 0 amide bonds. The molecule has 2 N–H and O–H groups in total. The highest BCUT2D eigenvalue weighted by molar-refractivity contribution is 5.84. The molecule has 196 valence electrons. The lowest BCUT2D eigenvalue weighted by molar-refractivity contribution is -0.137. The predicted molar refractivity (Wildman–Crippen MR) is 135 cm³/mol. The summed E-state index contributed by atoms with van der Waals surface area (Å²) in [6.45, 7) is 5.19. The summed E-state index contributed by atoms with van der Waals surface area (Å²) in [4.78, 5) is 15.4. The van der Waals surface area contributed by atoms with E-state index >= 15 is 0 Å². The van der Waals surface area contributed by atoms with Gasteiger partial charge in [-0.2, -0.15) is 13.2 Å². The van der Waals surface area contributed by atoms with Crippen molar-refractivity contribution in [1.82, 2.24) is 19.8 Å². The molecule has 0 bridgehead atoms. The van der Waals surface area contributed by atoms with E-state index in [1.165, 1.54) is 30.6 Å². The van der Waals surface area contributed by atoms with Gasteiger partial charge >= 0.3 is 6.18 Å². The molecule has 1 unspecified atom stereocenters. The van der Waals surface area contributed by atoms with Crippen LogP contribution >= 0.6 is 0 Å². The van der Waals surface area contributed by atoms with E-state index in [0.717, 1.165) is 37.6 Å². The Morgan fingerprint density at radius 1 is 0.892 bits per heavy atom. The van der Waals surface area contributed by atoms with Crippen molar-refractivity contribution in [1.29, 1.82) is 0 Å². The smallest absolute Gasteiger partial charge is 0.383 e. The van der Waals surface area contributed by atoms with Gasteiger partial charge in [0.05, 0.1) is 11.1 Å². The summed E-state index contributed by atoms with van der Waals surface area (Å²) in [6, 6.07) is 11.7. The van der Waals surface area contributed by atoms with Gasteiger partial charge in [-0.1, -0.05) is 24.3 Å². The third-order valence-corrected chi connectivity index (χ3v) is 7.27. The maximum atomic E-state index is 13.5. The van der Waals surface area contributed by atoms with Crippen LogP contribution in [0.5, 0.6) is 0 Å². The highest BCUT2D eigenvalue weighted by Crippen LogP contribution is 2.36. The van der Waals surface area contributed by atoms with E-state index in [-0.39, 0.29) is 11.9 Å². The summed E-state index contributed by atoms with van der Waals surface area (Å²) >= 11 is 0. The lowest BCUT2D eigenvalue weighted by atomic mass is 10.0. The van der Waals surface area contributed by atoms with Gasteiger partial charge in [-0.05, 0) is 61.3 Å². The molecular weight excluding hydrogens is 484 g/mol. The van der Waals surface area contributed by atoms with Crippen LogP contribution in [0.25, 0.3) is 11.1 Å². The molecule has 37 heavy (non-hydrogen) atoms. The molecule has 3 aromatic rings. The van der Waals surface area contributed by atoms with E-state index in [4.69, 9.17) is 5.73 Å². The second-order valence-electron chi connectivity index (χ2n) is 9.63. The second kappa shape index (κ2) is 10.6. The van der Waals surface area contributed by atoms with Gasteiger partial charge in [-0.15, -0.1) is 0 Å². The molecule has 2 aliphatic rings. The summed E-state index contributed by atoms with van der Waals surface area (Å²) < 4.78 is 53.9. The van der Waals surface area contributed by atoms with Crippen molar-refractivity contribution in [2.24, 2.45) is 0 Å². The lowest BCUT2D eigenvalue weighted by Crippen LogP contribution is -2.50. The number of likely N-dealkylation sites (tertiary alicyclic amines) is 1. The van der Waals surface area contributed by atoms with Gasteiger partial charge in [-0.3, -0.25) is 4.90 Å². The number of nitrogen functional groups attached to an aromatic ring is 1. The zero-order valence-corrected chi connectivity index (χ0v) is 20.5. The molecule has 2 aliphatic heterocycles. The third-order valence-electron chi connectivity index (χ3n) is 7.27. The normalized spacial score (nSPS) is 18.3. The third kappa shape index (κ3) is 5.70. The quantitative estimate of drug-likeness (QED) is 0.475. The van der Waals surface area contributed by atoms with E-state index < -0.39 is 11.7 Å². The Hall–Kier alpha value is -3.24. The number of aromatic nitrogens is 2. The number of nitrogens with zero attached hydrogens (tertiary/aromatic N) is 5. The summed E-state index contributed by atoms with van der Waals surface area (Å²) in [5, 5.41) is 0. The van der Waals surface area contributed by atoms with Crippen molar-refractivity contribution in [2.45, 2.75) is 25.1 Å².